The number of likely N-dealkylation sites (tertiary alicyclic amines) is 1. The molecule has 1 fully saturated rings. The molecule has 1 aliphatic heterocycles. The van der Waals surface area contributed by atoms with Crippen LogP contribution in [-0.4, -0.2) is 41.8 Å². The lowest BCUT2D eigenvalue weighted by Crippen LogP contribution is -2.35. The number of aromatic nitrogens is 1. The van der Waals surface area contributed by atoms with Gasteiger partial charge in [0.25, 0.3) is 0 Å². The van der Waals surface area contributed by atoms with Crippen molar-refractivity contribution in [2.24, 2.45) is 0 Å². The van der Waals surface area contributed by atoms with Gasteiger partial charge >= 0.3 is 0 Å². The highest BCUT2D eigenvalue weighted by atomic mass is 16.2. The molecule has 1 aromatic heterocycles. The van der Waals surface area contributed by atoms with Crippen LogP contribution in [0.15, 0.2) is 72.9 Å². The van der Waals surface area contributed by atoms with Gasteiger partial charge in [-0.2, -0.15) is 5.26 Å². The summed E-state index contributed by atoms with van der Waals surface area (Å²) in [7, 11) is 1.81. The van der Waals surface area contributed by atoms with E-state index in [0.717, 1.165) is 16.7 Å². The smallest absolute Gasteiger partial charge is 0.247 e. The largest absolute Gasteiger partial charge is 0.345 e. The molecule has 7 heteroatoms. The fourth-order valence-corrected chi connectivity index (χ4v) is 4.31. The summed E-state index contributed by atoms with van der Waals surface area (Å²) in [5.41, 5.74) is 3.58. The van der Waals surface area contributed by atoms with E-state index < -0.39 is 6.04 Å². The van der Waals surface area contributed by atoms with Gasteiger partial charge in [0.05, 0.1) is 11.6 Å². The van der Waals surface area contributed by atoms with Gasteiger partial charge in [0, 0.05) is 38.7 Å². The van der Waals surface area contributed by atoms with Gasteiger partial charge in [-0.05, 0) is 40.8 Å². The fourth-order valence-electron chi connectivity index (χ4n) is 4.31. The van der Waals surface area contributed by atoms with Gasteiger partial charge in [-0.15, -0.1) is 0 Å². The van der Waals surface area contributed by atoms with E-state index in [0.29, 0.717) is 30.9 Å². The Hall–Kier alpha value is -4.02. The monoisotopic (exact) mass is 467 g/mol. The summed E-state index contributed by atoms with van der Waals surface area (Å²) in [6, 6.07) is 22.4. The predicted molar refractivity (Wildman–Crippen MR) is 135 cm³/mol. The molecule has 0 saturated carbocycles. The molecule has 2 aromatic carbocycles. The standard InChI is InChI=1S/C28H29N5O2/c1-19(21-10-8-20(15-29)9-11-21)16-31-27(22-6-4-3-5-7-22)28(35)32-25-13-12-23(17-30-25)24-14-26(34)33(2)18-24/h3-13,17,19,24,27,31H,14,16,18H2,1-2H3,(H,30,32,35)/t19?,24?,27-/m1/s1. The third-order valence-corrected chi connectivity index (χ3v) is 6.48. The first-order chi connectivity index (χ1) is 16.9. The predicted octanol–water partition coefficient (Wildman–Crippen LogP) is 3.97. The number of pyridine rings is 1. The van der Waals surface area contributed by atoms with E-state index in [9.17, 15) is 9.59 Å². The second kappa shape index (κ2) is 10.9. The molecule has 2 N–H and O–H groups in total. The summed E-state index contributed by atoms with van der Waals surface area (Å²) in [6.07, 6.45) is 2.23. The minimum Gasteiger partial charge on any atom is -0.345 e. The van der Waals surface area contributed by atoms with Crippen molar-refractivity contribution in [3.8, 4) is 6.07 Å². The average molecular weight is 468 g/mol. The van der Waals surface area contributed by atoms with Gasteiger partial charge in [0.2, 0.25) is 11.8 Å². The summed E-state index contributed by atoms with van der Waals surface area (Å²) in [6.45, 7) is 3.35. The quantitative estimate of drug-likeness (QED) is 0.522. The SMILES string of the molecule is CC(CN[C@@H](C(=O)Nc1ccc(C2CC(=O)N(C)C2)cn1)c1ccccc1)c1ccc(C#N)cc1. The maximum Gasteiger partial charge on any atom is 0.247 e. The molecule has 7 nitrogen and oxygen atoms in total. The number of rotatable bonds is 8. The van der Waals surface area contributed by atoms with E-state index in [2.05, 4.69) is 28.6 Å². The summed E-state index contributed by atoms with van der Waals surface area (Å²) in [5, 5.41) is 15.3. The van der Waals surface area contributed by atoms with E-state index in [1.165, 1.54) is 0 Å². The fraction of sp³-hybridized carbons (Fsp3) is 0.286. The number of nitrogens with zero attached hydrogens (tertiary/aromatic N) is 3. The number of likely N-dealkylation sites (N-methyl/N-ethyl adjacent to an activating group) is 1. The van der Waals surface area contributed by atoms with Crippen LogP contribution >= 0.6 is 0 Å². The number of amides is 2. The molecule has 1 aliphatic rings. The number of nitriles is 1. The Balaban J connectivity index is 1.43. The second-order valence-electron chi connectivity index (χ2n) is 9.03. The Morgan fingerprint density at radius 1 is 1.11 bits per heavy atom. The lowest BCUT2D eigenvalue weighted by Gasteiger charge is -2.21. The molecule has 178 valence electrons. The van der Waals surface area contributed by atoms with Crippen LogP contribution in [0.25, 0.3) is 0 Å². The van der Waals surface area contributed by atoms with Crippen LogP contribution in [0.2, 0.25) is 0 Å². The van der Waals surface area contributed by atoms with Crippen molar-refractivity contribution < 1.29 is 9.59 Å². The van der Waals surface area contributed by atoms with Crippen molar-refractivity contribution in [3.63, 3.8) is 0 Å². The van der Waals surface area contributed by atoms with Crippen molar-refractivity contribution in [2.45, 2.75) is 31.2 Å². The first-order valence-corrected chi connectivity index (χ1v) is 11.7. The number of carbonyl (C=O) groups excluding carboxylic acids is 2. The van der Waals surface area contributed by atoms with E-state index in [1.807, 2.05) is 67.7 Å². The van der Waals surface area contributed by atoms with Crippen LogP contribution < -0.4 is 10.6 Å². The number of carbonyl (C=O) groups is 2. The Morgan fingerprint density at radius 2 is 1.86 bits per heavy atom. The van der Waals surface area contributed by atoms with Gasteiger partial charge in [0.15, 0.2) is 0 Å². The first-order valence-electron chi connectivity index (χ1n) is 11.7. The van der Waals surface area contributed by atoms with Crippen molar-refractivity contribution >= 4 is 17.6 Å². The molecule has 1 saturated heterocycles. The van der Waals surface area contributed by atoms with Crippen LogP contribution in [-0.2, 0) is 9.59 Å². The van der Waals surface area contributed by atoms with Gasteiger partial charge in [-0.3, -0.25) is 9.59 Å². The van der Waals surface area contributed by atoms with Gasteiger partial charge in [-0.25, -0.2) is 4.98 Å². The molecule has 2 heterocycles. The van der Waals surface area contributed by atoms with Crippen molar-refractivity contribution in [3.05, 3.63) is 95.2 Å². The summed E-state index contributed by atoms with van der Waals surface area (Å²) in [5.74, 6) is 0.691. The Kier molecular flexibility index (Phi) is 7.54. The summed E-state index contributed by atoms with van der Waals surface area (Å²) in [4.78, 5) is 31.3. The highest BCUT2D eigenvalue weighted by Crippen LogP contribution is 2.27. The van der Waals surface area contributed by atoms with Crippen LogP contribution in [0, 0.1) is 11.3 Å². The van der Waals surface area contributed by atoms with Gasteiger partial charge in [-0.1, -0.05) is 55.5 Å². The zero-order valence-electron chi connectivity index (χ0n) is 19.9. The lowest BCUT2D eigenvalue weighted by molar-refractivity contribution is -0.126. The minimum atomic E-state index is -0.556. The third-order valence-electron chi connectivity index (χ3n) is 6.48. The Labute approximate surface area is 205 Å². The maximum atomic E-state index is 13.3. The average Bonchev–Trinajstić information content (AvgIpc) is 3.23. The molecule has 4 rings (SSSR count). The Morgan fingerprint density at radius 3 is 2.46 bits per heavy atom. The molecule has 35 heavy (non-hydrogen) atoms. The second-order valence-corrected chi connectivity index (χ2v) is 9.03. The third kappa shape index (κ3) is 5.92. The van der Waals surface area contributed by atoms with Crippen LogP contribution in [0.1, 0.15) is 53.5 Å². The molecule has 0 aliphatic carbocycles. The van der Waals surface area contributed by atoms with Crippen LogP contribution in [0.3, 0.4) is 0 Å². The summed E-state index contributed by atoms with van der Waals surface area (Å²) < 4.78 is 0. The maximum absolute atomic E-state index is 13.3. The molecule has 0 radical (unpaired) electrons. The van der Waals surface area contributed by atoms with E-state index in [-0.39, 0.29) is 23.7 Å². The molecular weight excluding hydrogens is 438 g/mol. The zero-order valence-corrected chi connectivity index (χ0v) is 19.9. The molecule has 3 atom stereocenters. The number of benzene rings is 2. The molecule has 2 amide bonds. The molecule has 0 spiro atoms. The van der Waals surface area contributed by atoms with Crippen LogP contribution in [0.5, 0.6) is 0 Å². The lowest BCUT2D eigenvalue weighted by atomic mass is 9.98. The number of nitrogens with one attached hydrogen (secondary N) is 2. The highest BCUT2D eigenvalue weighted by molar-refractivity contribution is 5.94. The Bertz CT molecular complexity index is 1200. The minimum absolute atomic E-state index is 0.132. The number of hydrogen-bond donors (Lipinski definition) is 2. The molecule has 2 unspecified atom stereocenters. The first kappa shape index (κ1) is 24.1. The van der Waals surface area contributed by atoms with Crippen LogP contribution in [0.4, 0.5) is 5.82 Å². The van der Waals surface area contributed by atoms with Crippen molar-refractivity contribution in [2.75, 3.05) is 25.5 Å². The molecule has 3 aromatic rings. The van der Waals surface area contributed by atoms with E-state index in [1.54, 1.807) is 17.2 Å². The molecule has 0 bridgehead atoms. The topological polar surface area (TPSA) is 98.1 Å². The zero-order chi connectivity index (χ0) is 24.8. The van der Waals surface area contributed by atoms with Crippen molar-refractivity contribution in [1.82, 2.24) is 15.2 Å². The van der Waals surface area contributed by atoms with Gasteiger partial charge < -0.3 is 15.5 Å². The normalized spacial score (nSPS) is 17.0. The van der Waals surface area contributed by atoms with Gasteiger partial charge in [0.1, 0.15) is 11.9 Å². The van der Waals surface area contributed by atoms with E-state index in [4.69, 9.17) is 5.26 Å². The highest BCUT2D eigenvalue weighted by Gasteiger charge is 2.28. The number of anilines is 1. The van der Waals surface area contributed by atoms with Crippen molar-refractivity contribution in [1.29, 1.82) is 5.26 Å². The summed E-state index contributed by atoms with van der Waals surface area (Å²) >= 11 is 0. The van der Waals surface area contributed by atoms with E-state index >= 15 is 0 Å². The molecular formula is C28H29N5O2. The number of hydrogen-bond acceptors (Lipinski definition) is 5.